The number of hydrogen-bond donors (Lipinski definition) is 1. The zero-order valence-electron chi connectivity index (χ0n) is 11.1. The molecule has 0 amide bonds. The fourth-order valence-corrected chi connectivity index (χ4v) is 3.56. The molecule has 0 radical (unpaired) electrons. The highest BCUT2D eigenvalue weighted by Crippen LogP contribution is 2.26. The van der Waals surface area contributed by atoms with Crippen molar-refractivity contribution in [2.75, 3.05) is 13.7 Å². The van der Waals surface area contributed by atoms with E-state index in [0.29, 0.717) is 6.04 Å². The van der Waals surface area contributed by atoms with Gasteiger partial charge in [0.05, 0.1) is 0 Å². The Labute approximate surface area is 122 Å². The van der Waals surface area contributed by atoms with E-state index in [9.17, 15) is 0 Å². The van der Waals surface area contributed by atoms with Gasteiger partial charge in [-0.1, -0.05) is 17.9 Å². The van der Waals surface area contributed by atoms with Crippen molar-refractivity contribution >= 4 is 22.7 Å². The van der Waals surface area contributed by atoms with Gasteiger partial charge >= 0.3 is 0 Å². The molecule has 2 heterocycles. The normalized spacial score (nSPS) is 12.2. The Balaban J connectivity index is 2.07. The lowest BCUT2D eigenvalue weighted by Crippen LogP contribution is -2.21. The van der Waals surface area contributed by atoms with E-state index < -0.39 is 0 Å². The van der Waals surface area contributed by atoms with E-state index in [-0.39, 0.29) is 6.61 Å². The maximum absolute atomic E-state index is 8.77. The summed E-state index contributed by atoms with van der Waals surface area (Å²) in [5, 5.41) is 12.9. The average molecular weight is 291 g/mol. The number of thiophene rings is 2. The molecule has 4 heteroatoms. The van der Waals surface area contributed by atoms with Crippen LogP contribution in [0.1, 0.15) is 28.3 Å². The second-order valence-electron chi connectivity index (χ2n) is 4.32. The molecule has 0 aliphatic carbocycles. The van der Waals surface area contributed by atoms with Gasteiger partial charge in [-0.05, 0) is 36.9 Å². The summed E-state index contributed by atoms with van der Waals surface area (Å²) in [4.78, 5) is 4.95. The van der Waals surface area contributed by atoms with E-state index >= 15 is 0 Å². The number of rotatable bonds is 4. The molecule has 1 atom stereocenters. The quantitative estimate of drug-likeness (QED) is 0.873. The SMILES string of the molecule is CC(c1cccs1)N(C)Cc1sccc1C#CCO. The van der Waals surface area contributed by atoms with Crippen molar-refractivity contribution in [2.45, 2.75) is 19.5 Å². The Morgan fingerprint density at radius 2 is 2.16 bits per heavy atom. The second kappa shape index (κ2) is 6.88. The monoisotopic (exact) mass is 291 g/mol. The Bertz CT molecular complexity index is 562. The van der Waals surface area contributed by atoms with Gasteiger partial charge in [0, 0.05) is 27.9 Å². The smallest absolute Gasteiger partial charge is 0.104 e. The van der Waals surface area contributed by atoms with E-state index in [1.165, 1.54) is 9.75 Å². The minimum Gasteiger partial charge on any atom is -0.384 e. The first-order valence-corrected chi connectivity index (χ1v) is 7.88. The van der Waals surface area contributed by atoms with Crippen molar-refractivity contribution in [3.05, 3.63) is 44.3 Å². The summed E-state index contributed by atoms with van der Waals surface area (Å²) in [6, 6.07) is 6.69. The van der Waals surface area contributed by atoms with E-state index in [1.54, 1.807) is 22.7 Å². The van der Waals surface area contributed by atoms with Gasteiger partial charge in [0.25, 0.3) is 0 Å². The largest absolute Gasteiger partial charge is 0.384 e. The predicted molar refractivity (Wildman–Crippen MR) is 82.5 cm³/mol. The van der Waals surface area contributed by atoms with Crippen LogP contribution in [0, 0.1) is 11.8 Å². The molecule has 0 saturated carbocycles. The van der Waals surface area contributed by atoms with Gasteiger partial charge in [-0.3, -0.25) is 4.90 Å². The Morgan fingerprint density at radius 1 is 1.32 bits per heavy atom. The van der Waals surface area contributed by atoms with Crippen molar-refractivity contribution in [2.24, 2.45) is 0 Å². The third kappa shape index (κ3) is 3.68. The third-order valence-electron chi connectivity index (χ3n) is 3.06. The Morgan fingerprint density at radius 3 is 2.84 bits per heavy atom. The van der Waals surface area contributed by atoms with Gasteiger partial charge in [0.1, 0.15) is 6.61 Å². The van der Waals surface area contributed by atoms with Gasteiger partial charge in [-0.2, -0.15) is 0 Å². The molecule has 0 saturated heterocycles. The summed E-state index contributed by atoms with van der Waals surface area (Å²) in [5.41, 5.74) is 1.03. The van der Waals surface area contributed by atoms with Crippen LogP contribution in [0.2, 0.25) is 0 Å². The van der Waals surface area contributed by atoms with Crippen LogP contribution in [0.4, 0.5) is 0 Å². The second-order valence-corrected chi connectivity index (χ2v) is 6.30. The Kier molecular flexibility index (Phi) is 5.17. The van der Waals surface area contributed by atoms with E-state index in [0.717, 1.165) is 12.1 Å². The molecule has 0 aliphatic rings. The zero-order valence-corrected chi connectivity index (χ0v) is 12.7. The number of aliphatic hydroxyl groups excluding tert-OH is 1. The summed E-state index contributed by atoms with van der Waals surface area (Å²) in [7, 11) is 2.13. The highest BCUT2D eigenvalue weighted by molar-refractivity contribution is 7.10. The van der Waals surface area contributed by atoms with E-state index in [2.05, 4.69) is 53.6 Å². The van der Waals surface area contributed by atoms with Crippen LogP contribution in [-0.4, -0.2) is 23.7 Å². The number of aliphatic hydroxyl groups is 1. The van der Waals surface area contributed by atoms with Crippen molar-refractivity contribution in [3.63, 3.8) is 0 Å². The van der Waals surface area contributed by atoms with Crippen molar-refractivity contribution in [1.29, 1.82) is 0 Å². The highest BCUT2D eigenvalue weighted by atomic mass is 32.1. The molecule has 0 aliphatic heterocycles. The highest BCUT2D eigenvalue weighted by Gasteiger charge is 2.14. The van der Waals surface area contributed by atoms with Gasteiger partial charge in [0.2, 0.25) is 0 Å². The van der Waals surface area contributed by atoms with Gasteiger partial charge < -0.3 is 5.11 Å². The maximum Gasteiger partial charge on any atom is 0.104 e. The lowest BCUT2D eigenvalue weighted by atomic mass is 10.2. The van der Waals surface area contributed by atoms with Crippen molar-refractivity contribution in [1.82, 2.24) is 4.90 Å². The van der Waals surface area contributed by atoms with Gasteiger partial charge in [-0.15, -0.1) is 22.7 Å². The summed E-state index contributed by atoms with van der Waals surface area (Å²) < 4.78 is 0. The van der Waals surface area contributed by atoms with E-state index in [4.69, 9.17) is 5.11 Å². The van der Waals surface area contributed by atoms with Crippen LogP contribution in [0.25, 0.3) is 0 Å². The van der Waals surface area contributed by atoms with Gasteiger partial charge in [-0.25, -0.2) is 0 Å². The molecule has 0 bridgehead atoms. The first-order valence-electron chi connectivity index (χ1n) is 6.12. The minimum absolute atomic E-state index is 0.0866. The molecule has 0 fully saturated rings. The molecule has 19 heavy (non-hydrogen) atoms. The molecule has 2 aromatic rings. The van der Waals surface area contributed by atoms with Crippen LogP contribution in [0.5, 0.6) is 0 Å². The topological polar surface area (TPSA) is 23.5 Å². The minimum atomic E-state index is -0.0866. The zero-order chi connectivity index (χ0) is 13.7. The number of hydrogen-bond acceptors (Lipinski definition) is 4. The first-order chi connectivity index (χ1) is 9.22. The van der Waals surface area contributed by atoms with Crippen molar-refractivity contribution < 1.29 is 5.11 Å². The van der Waals surface area contributed by atoms with Crippen molar-refractivity contribution in [3.8, 4) is 11.8 Å². The fourth-order valence-electron chi connectivity index (χ4n) is 1.82. The molecule has 0 spiro atoms. The Hall–Kier alpha value is -1.12. The predicted octanol–water partition coefficient (Wildman–Crippen LogP) is 3.35. The average Bonchev–Trinajstić information content (AvgIpc) is 3.07. The van der Waals surface area contributed by atoms with Crippen LogP contribution >= 0.6 is 22.7 Å². The molecule has 100 valence electrons. The summed E-state index contributed by atoms with van der Waals surface area (Å²) in [5.74, 6) is 5.73. The molecule has 1 N–H and O–H groups in total. The molecular weight excluding hydrogens is 274 g/mol. The molecule has 2 nitrogen and oxygen atoms in total. The van der Waals surface area contributed by atoms with Gasteiger partial charge in [0.15, 0.2) is 0 Å². The molecule has 1 unspecified atom stereocenters. The maximum atomic E-state index is 8.77. The van der Waals surface area contributed by atoms with Crippen LogP contribution in [-0.2, 0) is 6.54 Å². The van der Waals surface area contributed by atoms with Crippen LogP contribution < -0.4 is 0 Å². The van der Waals surface area contributed by atoms with Crippen LogP contribution in [0.3, 0.4) is 0 Å². The standard InChI is InChI=1S/C15H17NOS2/c1-12(14-6-4-9-18-14)16(2)11-15-13(5-3-8-17)7-10-19-15/h4,6-7,9-10,12,17H,8,11H2,1-2H3. The van der Waals surface area contributed by atoms with E-state index in [1.807, 2.05) is 6.07 Å². The lowest BCUT2D eigenvalue weighted by molar-refractivity contribution is 0.258. The molecule has 0 aromatic carbocycles. The third-order valence-corrected chi connectivity index (χ3v) is 5.00. The summed E-state index contributed by atoms with van der Waals surface area (Å²) in [6.07, 6.45) is 0. The first kappa shape index (κ1) is 14.3. The molecule has 2 rings (SSSR count). The lowest BCUT2D eigenvalue weighted by Gasteiger charge is -2.23. The fraction of sp³-hybridized carbons (Fsp3) is 0.333. The van der Waals surface area contributed by atoms with Crippen LogP contribution in [0.15, 0.2) is 29.0 Å². The summed E-state index contributed by atoms with van der Waals surface area (Å²) in [6.45, 7) is 3.02. The molecular formula is C15H17NOS2. The summed E-state index contributed by atoms with van der Waals surface area (Å²) >= 11 is 3.51. The molecule has 2 aromatic heterocycles. The number of nitrogens with zero attached hydrogens (tertiary/aromatic N) is 1.